The highest BCUT2D eigenvalue weighted by molar-refractivity contribution is 5.99. The van der Waals surface area contributed by atoms with Gasteiger partial charge in [0.25, 0.3) is 0 Å². The SMILES string of the molecule is C/C(=N/Nc1cccc(C)c1)c1ccc(N2CCOCC2)c(F)c1. The van der Waals surface area contributed by atoms with E-state index in [4.69, 9.17) is 4.74 Å². The maximum absolute atomic E-state index is 14.5. The lowest BCUT2D eigenvalue weighted by Gasteiger charge is -2.29. The molecule has 1 aliphatic heterocycles. The first kappa shape index (κ1) is 16.5. The predicted octanol–water partition coefficient (Wildman–Crippen LogP) is 3.81. The minimum Gasteiger partial charge on any atom is -0.378 e. The molecule has 5 heteroatoms. The zero-order valence-electron chi connectivity index (χ0n) is 14.1. The van der Waals surface area contributed by atoms with Gasteiger partial charge in [0, 0.05) is 18.7 Å². The Kier molecular flexibility index (Phi) is 5.11. The highest BCUT2D eigenvalue weighted by Crippen LogP contribution is 2.22. The van der Waals surface area contributed by atoms with Gasteiger partial charge in [-0.15, -0.1) is 0 Å². The number of ether oxygens (including phenoxy) is 1. The molecule has 24 heavy (non-hydrogen) atoms. The molecule has 0 amide bonds. The van der Waals surface area contributed by atoms with Crippen molar-refractivity contribution in [2.24, 2.45) is 5.10 Å². The van der Waals surface area contributed by atoms with Crippen LogP contribution in [0.1, 0.15) is 18.1 Å². The fourth-order valence-electron chi connectivity index (χ4n) is 2.72. The van der Waals surface area contributed by atoms with Crippen molar-refractivity contribution in [1.82, 2.24) is 0 Å². The first-order valence-corrected chi connectivity index (χ1v) is 8.13. The Morgan fingerprint density at radius 3 is 2.67 bits per heavy atom. The highest BCUT2D eigenvalue weighted by Gasteiger charge is 2.15. The summed E-state index contributed by atoms with van der Waals surface area (Å²) in [5.74, 6) is -0.223. The quantitative estimate of drug-likeness (QED) is 0.685. The van der Waals surface area contributed by atoms with Crippen LogP contribution < -0.4 is 10.3 Å². The molecule has 0 radical (unpaired) electrons. The third kappa shape index (κ3) is 3.92. The second-order valence-electron chi connectivity index (χ2n) is 5.94. The van der Waals surface area contributed by atoms with E-state index in [2.05, 4.69) is 10.5 Å². The first-order valence-electron chi connectivity index (χ1n) is 8.13. The predicted molar refractivity (Wildman–Crippen MR) is 96.4 cm³/mol. The number of nitrogens with one attached hydrogen (secondary N) is 1. The molecule has 126 valence electrons. The monoisotopic (exact) mass is 327 g/mol. The molecule has 1 aliphatic rings. The number of hydrazone groups is 1. The lowest BCUT2D eigenvalue weighted by Crippen LogP contribution is -2.36. The molecule has 0 aliphatic carbocycles. The number of hydrogen-bond donors (Lipinski definition) is 1. The number of benzene rings is 2. The molecule has 0 bridgehead atoms. The molecule has 3 rings (SSSR count). The van der Waals surface area contributed by atoms with Crippen molar-refractivity contribution in [3.63, 3.8) is 0 Å². The summed E-state index contributed by atoms with van der Waals surface area (Å²) in [6, 6.07) is 13.2. The van der Waals surface area contributed by atoms with Crippen LogP contribution in [0.2, 0.25) is 0 Å². The number of hydrogen-bond acceptors (Lipinski definition) is 4. The van der Waals surface area contributed by atoms with Crippen LogP contribution in [-0.4, -0.2) is 32.0 Å². The molecule has 2 aromatic rings. The van der Waals surface area contributed by atoms with E-state index in [1.807, 2.05) is 55.1 Å². The van der Waals surface area contributed by atoms with Crippen molar-refractivity contribution >= 4 is 17.1 Å². The summed E-state index contributed by atoms with van der Waals surface area (Å²) in [5, 5.41) is 4.36. The number of anilines is 2. The molecule has 2 aromatic carbocycles. The summed E-state index contributed by atoms with van der Waals surface area (Å²) in [5.41, 5.74) is 7.23. The Balaban J connectivity index is 1.74. The summed E-state index contributed by atoms with van der Waals surface area (Å²) < 4.78 is 19.8. The van der Waals surface area contributed by atoms with Crippen LogP contribution in [0, 0.1) is 12.7 Å². The Morgan fingerprint density at radius 2 is 1.96 bits per heavy atom. The second-order valence-corrected chi connectivity index (χ2v) is 5.94. The Morgan fingerprint density at radius 1 is 1.17 bits per heavy atom. The zero-order valence-corrected chi connectivity index (χ0v) is 14.1. The molecule has 1 fully saturated rings. The molecule has 1 saturated heterocycles. The smallest absolute Gasteiger partial charge is 0.147 e. The topological polar surface area (TPSA) is 36.9 Å². The summed E-state index contributed by atoms with van der Waals surface area (Å²) in [6.07, 6.45) is 0. The van der Waals surface area contributed by atoms with Crippen LogP contribution in [0.25, 0.3) is 0 Å². The van der Waals surface area contributed by atoms with Gasteiger partial charge in [-0.05, 0) is 43.7 Å². The van der Waals surface area contributed by atoms with Crippen LogP contribution in [0.3, 0.4) is 0 Å². The van der Waals surface area contributed by atoms with E-state index in [-0.39, 0.29) is 5.82 Å². The van der Waals surface area contributed by atoms with Crippen molar-refractivity contribution in [1.29, 1.82) is 0 Å². The number of halogens is 1. The standard InChI is InChI=1S/C19H22FN3O/c1-14-4-3-5-17(12-14)22-21-15(2)16-6-7-19(18(20)13-16)23-8-10-24-11-9-23/h3-7,12-13,22H,8-11H2,1-2H3/b21-15-. The Labute approximate surface area is 141 Å². The number of aryl methyl sites for hydroxylation is 1. The maximum atomic E-state index is 14.5. The van der Waals surface area contributed by atoms with Gasteiger partial charge >= 0.3 is 0 Å². The van der Waals surface area contributed by atoms with Crippen LogP contribution >= 0.6 is 0 Å². The normalized spacial score (nSPS) is 15.5. The van der Waals surface area contributed by atoms with E-state index in [1.54, 1.807) is 6.07 Å². The van der Waals surface area contributed by atoms with Gasteiger partial charge < -0.3 is 9.64 Å². The average molecular weight is 327 g/mol. The molecular formula is C19H22FN3O. The maximum Gasteiger partial charge on any atom is 0.147 e. The van der Waals surface area contributed by atoms with Gasteiger partial charge in [-0.3, -0.25) is 5.43 Å². The molecule has 4 nitrogen and oxygen atoms in total. The fraction of sp³-hybridized carbons (Fsp3) is 0.316. The van der Waals surface area contributed by atoms with Crippen molar-refractivity contribution in [2.45, 2.75) is 13.8 Å². The van der Waals surface area contributed by atoms with E-state index in [1.165, 1.54) is 0 Å². The van der Waals surface area contributed by atoms with Gasteiger partial charge in [0.05, 0.1) is 30.3 Å². The third-order valence-electron chi connectivity index (χ3n) is 4.09. The van der Waals surface area contributed by atoms with Gasteiger partial charge in [0.1, 0.15) is 5.82 Å². The van der Waals surface area contributed by atoms with Gasteiger partial charge in [-0.2, -0.15) is 5.10 Å². The van der Waals surface area contributed by atoms with Gasteiger partial charge in [-0.1, -0.05) is 18.2 Å². The van der Waals surface area contributed by atoms with Crippen LogP contribution in [0.5, 0.6) is 0 Å². The lowest BCUT2D eigenvalue weighted by atomic mass is 10.1. The lowest BCUT2D eigenvalue weighted by molar-refractivity contribution is 0.122. The van der Waals surface area contributed by atoms with Crippen molar-refractivity contribution in [3.05, 3.63) is 59.4 Å². The first-order chi connectivity index (χ1) is 11.6. The van der Waals surface area contributed by atoms with Crippen molar-refractivity contribution in [3.8, 4) is 0 Å². The van der Waals surface area contributed by atoms with E-state index in [0.29, 0.717) is 18.9 Å². The largest absolute Gasteiger partial charge is 0.378 e. The zero-order chi connectivity index (χ0) is 16.9. The molecule has 0 aromatic heterocycles. The van der Waals surface area contributed by atoms with Crippen molar-refractivity contribution < 1.29 is 9.13 Å². The van der Waals surface area contributed by atoms with Crippen LogP contribution in [0.4, 0.5) is 15.8 Å². The molecule has 0 saturated carbocycles. The van der Waals surface area contributed by atoms with Crippen molar-refractivity contribution in [2.75, 3.05) is 36.6 Å². The summed E-state index contributed by atoms with van der Waals surface area (Å²) in [7, 11) is 0. The molecule has 0 atom stereocenters. The number of rotatable bonds is 4. The second kappa shape index (κ2) is 7.45. The van der Waals surface area contributed by atoms with E-state index in [0.717, 1.165) is 35.6 Å². The fourth-order valence-corrected chi connectivity index (χ4v) is 2.72. The van der Waals surface area contributed by atoms with Gasteiger partial charge in [0.15, 0.2) is 0 Å². The Hall–Kier alpha value is -2.40. The van der Waals surface area contributed by atoms with E-state index in [9.17, 15) is 4.39 Å². The highest BCUT2D eigenvalue weighted by atomic mass is 19.1. The minimum atomic E-state index is -0.223. The summed E-state index contributed by atoms with van der Waals surface area (Å²) >= 11 is 0. The molecule has 1 N–H and O–H groups in total. The van der Waals surface area contributed by atoms with Crippen LogP contribution in [-0.2, 0) is 4.74 Å². The summed E-state index contributed by atoms with van der Waals surface area (Å²) in [4.78, 5) is 2.01. The van der Waals surface area contributed by atoms with Crippen LogP contribution in [0.15, 0.2) is 47.6 Å². The molecule has 0 spiro atoms. The number of nitrogens with zero attached hydrogens (tertiary/aromatic N) is 2. The molecular weight excluding hydrogens is 305 g/mol. The molecule has 1 heterocycles. The third-order valence-corrected chi connectivity index (χ3v) is 4.09. The van der Waals surface area contributed by atoms with E-state index >= 15 is 0 Å². The van der Waals surface area contributed by atoms with E-state index < -0.39 is 0 Å². The van der Waals surface area contributed by atoms with Gasteiger partial charge in [-0.25, -0.2) is 4.39 Å². The Bertz CT molecular complexity index is 739. The minimum absolute atomic E-state index is 0.223. The average Bonchev–Trinajstić information content (AvgIpc) is 2.60. The summed E-state index contributed by atoms with van der Waals surface area (Å²) in [6.45, 7) is 6.62. The van der Waals surface area contributed by atoms with Gasteiger partial charge in [0.2, 0.25) is 0 Å². The number of morpholine rings is 1. The molecule has 0 unspecified atom stereocenters.